The van der Waals surface area contributed by atoms with Gasteiger partial charge >= 0.3 is 7.60 Å². The van der Waals surface area contributed by atoms with Crippen molar-refractivity contribution in [2.75, 3.05) is 26.1 Å². The van der Waals surface area contributed by atoms with Gasteiger partial charge in [0.05, 0.1) is 19.0 Å². The number of hydrogen-bond donors (Lipinski definition) is 3. The second-order valence-electron chi connectivity index (χ2n) is 6.00. The molecule has 2 unspecified atom stereocenters. The zero-order valence-electron chi connectivity index (χ0n) is 13.9. The number of rotatable bonds is 5. The molecule has 0 saturated carbocycles. The Labute approximate surface area is 142 Å². The molecule has 1 saturated heterocycles. The fraction of sp³-hybridized carbons (Fsp3) is 0.615. The van der Waals surface area contributed by atoms with Gasteiger partial charge in [0.15, 0.2) is 17.4 Å². The van der Waals surface area contributed by atoms with Gasteiger partial charge in [-0.1, -0.05) is 6.92 Å². The van der Waals surface area contributed by atoms with Crippen LogP contribution in [0.2, 0.25) is 0 Å². The summed E-state index contributed by atoms with van der Waals surface area (Å²) < 4.78 is 29.4. The Kier molecular flexibility index (Phi) is 4.69. The Hall–Kier alpha value is -1.78. The number of anilines is 1. The van der Waals surface area contributed by atoms with Gasteiger partial charge in [-0.25, -0.2) is 4.98 Å². The van der Waals surface area contributed by atoms with Gasteiger partial charge in [-0.2, -0.15) is 4.98 Å². The first kappa shape index (κ1) is 18.0. The molecule has 3 heterocycles. The van der Waals surface area contributed by atoms with Gasteiger partial charge < -0.3 is 24.6 Å². The Balaban J connectivity index is 1.94. The maximum Gasteiger partial charge on any atom is 0.325 e. The minimum Gasteiger partial charge on any atom is -0.376 e. The lowest BCUT2D eigenvalue weighted by Crippen LogP contribution is -2.28. The summed E-state index contributed by atoms with van der Waals surface area (Å²) in [6.45, 7) is 2.93. The molecule has 1 aliphatic rings. The van der Waals surface area contributed by atoms with Crippen LogP contribution in [0.5, 0.6) is 0 Å². The van der Waals surface area contributed by atoms with Crippen molar-refractivity contribution in [1.82, 2.24) is 19.5 Å². The van der Waals surface area contributed by atoms with Crippen LogP contribution in [0.15, 0.2) is 11.1 Å². The van der Waals surface area contributed by atoms with E-state index in [0.29, 0.717) is 0 Å². The first-order chi connectivity index (χ1) is 11.7. The highest BCUT2D eigenvalue weighted by atomic mass is 31.2. The third kappa shape index (κ3) is 3.46. The molecule has 0 spiro atoms. The fourth-order valence-electron chi connectivity index (χ4n) is 2.94. The van der Waals surface area contributed by atoms with Crippen LogP contribution in [0, 0.1) is 5.92 Å². The third-order valence-corrected chi connectivity index (χ3v) is 4.80. The lowest BCUT2D eigenvalue weighted by molar-refractivity contribution is -0.0565. The smallest absolute Gasteiger partial charge is 0.325 e. The van der Waals surface area contributed by atoms with Crippen molar-refractivity contribution in [3.05, 3.63) is 16.7 Å². The van der Waals surface area contributed by atoms with E-state index in [-0.39, 0.29) is 29.6 Å². The van der Waals surface area contributed by atoms with E-state index >= 15 is 0 Å². The van der Waals surface area contributed by atoms with Crippen LogP contribution in [0.3, 0.4) is 0 Å². The number of nitrogens with zero attached hydrogens (tertiary/aromatic N) is 3. The molecular formula is C13H20N5O6P. The molecule has 1 fully saturated rings. The molecule has 11 nitrogen and oxygen atoms in total. The molecule has 1 aliphatic heterocycles. The van der Waals surface area contributed by atoms with Crippen LogP contribution in [-0.4, -0.2) is 57.0 Å². The van der Waals surface area contributed by atoms with E-state index < -0.39 is 31.6 Å². The number of fused-ring (bicyclic) bond motifs is 1. The van der Waals surface area contributed by atoms with Gasteiger partial charge in [-0.3, -0.25) is 18.9 Å². The Morgan fingerprint density at radius 2 is 2.28 bits per heavy atom. The van der Waals surface area contributed by atoms with Crippen molar-refractivity contribution in [1.29, 1.82) is 0 Å². The summed E-state index contributed by atoms with van der Waals surface area (Å²) in [7, 11) is -2.09. The van der Waals surface area contributed by atoms with Gasteiger partial charge in [0.1, 0.15) is 6.10 Å². The van der Waals surface area contributed by atoms with Gasteiger partial charge in [0, 0.05) is 19.7 Å². The first-order valence-corrected chi connectivity index (χ1v) is 9.59. The van der Waals surface area contributed by atoms with Crippen molar-refractivity contribution in [3.8, 4) is 0 Å². The van der Waals surface area contributed by atoms with E-state index in [2.05, 4.69) is 15.0 Å². The number of hydrogen-bond acceptors (Lipinski definition) is 8. The molecule has 0 aromatic carbocycles. The summed E-state index contributed by atoms with van der Waals surface area (Å²) in [5, 5.41) is 0. The van der Waals surface area contributed by atoms with E-state index in [1.807, 2.05) is 6.92 Å². The molecule has 0 aliphatic carbocycles. The average Bonchev–Trinajstić information content (AvgIpc) is 3.05. The molecule has 5 atom stereocenters. The molecule has 0 amide bonds. The molecule has 138 valence electrons. The number of H-pyrrole nitrogens is 1. The number of aromatic amines is 1. The summed E-state index contributed by atoms with van der Waals surface area (Å²) in [5.41, 5.74) is 5.56. The van der Waals surface area contributed by atoms with Crippen LogP contribution in [0.25, 0.3) is 11.2 Å². The van der Waals surface area contributed by atoms with Crippen molar-refractivity contribution in [2.45, 2.75) is 25.4 Å². The molecule has 4 N–H and O–H groups in total. The third-order valence-electron chi connectivity index (χ3n) is 4.18. The zero-order valence-corrected chi connectivity index (χ0v) is 14.8. The number of imidazole rings is 1. The summed E-state index contributed by atoms with van der Waals surface area (Å²) in [6.07, 6.45) is -0.0897. The lowest BCUT2D eigenvalue weighted by Gasteiger charge is -2.20. The highest BCUT2D eigenvalue weighted by molar-refractivity contribution is 7.51. The van der Waals surface area contributed by atoms with Gasteiger partial charge in [0.25, 0.3) is 5.56 Å². The number of aromatic nitrogens is 4. The van der Waals surface area contributed by atoms with E-state index in [0.717, 1.165) is 6.66 Å². The van der Waals surface area contributed by atoms with E-state index in [9.17, 15) is 14.3 Å². The number of nitrogens with two attached hydrogens (primary N) is 1. The van der Waals surface area contributed by atoms with Crippen molar-refractivity contribution < 1.29 is 23.5 Å². The maximum absolute atomic E-state index is 11.9. The molecule has 2 aromatic heterocycles. The van der Waals surface area contributed by atoms with Crippen molar-refractivity contribution >= 4 is 24.7 Å². The molecular weight excluding hydrogens is 353 g/mol. The number of nitrogen functional groups attached to an aromatic ring is 1. The summed E-state index contributed by atoms with van der Waals surface area (Å²) in [5.74, 6) is -0.176. The number of methoxy groups -OCH3 is 1. The normalized spacial score (nSPS) is 29.1. The Morgan fingerprint density at radius 1 is 1.56 bits per heavy atom. The molecule has 12 heteroatoms. The molecule has 0 radical (unpaired) electrons. The predicted molar refractivity (Wildman–Crippen MR) is 88.1 cm³/mol. The van der Waals surface area contributed by atoms with Crippen molar-refractivity contribution in [3.63, 3.8) is 0 Å². The van der Waals surface area contributed by atoms with Crippen LogP contribution in [-0.2, 0) is 18.6 Å². The van der Waals surface area contributed by atoms with E-state index in [1.54, 1.807) is 4.57 Å². The van der Waals surface area contributed by atoms with Crippen LogP contribution >= 0.6 is 7.60 Å². The zero-order chi connectivity index (χ0) is 18.4. The fourth-order valence-corrected chi connectivity index (χ4v) is 3.36. The minimum absolute atomic E-state index is 0.0358. The highest BCUT2D eigenvalue weighted by Gasteiger charge is 2.44. The van der Waals surface area contributed by atoms with Gasteiger partial charge in [0.2, 0.25) is 5.95 Å². The molecule has 0 bridgehead atoms. The topological polar surface area (TPSA) is 155 Å². The van der Waals surface area contributed by atoms with Crippen molar-refractivity contribution in [2.24, 2.45) is 5.92 Å². The Bertz CT molecular complexity index is 875. The molecule has 25 heavy (non-hydrogen) atoms. The quantitative estimate of drug-likeness (QED) is 0.618. The Morgan fingerprint density at radius 3 is 2.92 bits per heavy atom. The molecule has 3 rings (SSSR count). The van der Waals surface area contributed by atoms with E-state index in [1.165, 1.54) is 13.4 Å². The molecule has 2 aromatic rings. The van der Waals surface area contributed by atoms with Gasteiger partial charge in [-0.05, 0) is 0 Å². The highest BCUT2D eigenvalue weighted by Crippen LogP contribution is 2.41. The number of ether oxygens (including phenoxy) is 2. The average molecular weight is 373 g/mol. The van der Waals surface area contributed by atoms with Gasteiger partial charge in [-0.15, -0.1) is 0 Å². The number of nitrogens with one attached hydrogen (secondary N) is 1. The summed E-state index contributed by atoms with van der Waals surface area (Å²) in [4.78, 5) is 31.8. The standard InChI is InChI=1S/C13H20N5O6P/c1-6-7(4-23-25(3,20)21)24-12(9(6)22-2)18-5-15-8-10(18)16-13(14)17-11(8)19/h5-7,9,12H,4H2,1-3H3,(H,20,21)(H3,14,16,17,19)/t6?,7-,9+,12-/m1/s1. The summed E-state index contributed by atoms with van der Waals surface area (Å²) in [6, 6.07) is 0. The minimum atomic E-state index is -3.62. The SMILES string of the molecule is CO[C@H]1C(C)[C@@H](COP(C)(=O)O)O[C@H]1n1cnc2c(=O)[nH]c(N)nc21. The van der Waals surface area contributed by atoms with Crippen LogP contribution in [0.4, 0.5) is 5.95 Å². The predicted octanol–water partition coefficient (Wildman–Crippen LogP) is 0.0821. The first-order valence-electron chi connectivity index (χ1n) is 7.56. The van der Waals surface area contributed by atoms with Crippen LogP contribution in [0.1, 0.15) is 13.2 Å². The van der Waals surface area contributed by atoms with E-state index in [4.69, 9.17) is 19.7 Å². The largest absolute Gasteiger partial charge is 0.376 e. The second kappa shape index (κ2) is 6.50. The second-order valence-corrected chi connectivity index (χ2v) is 7.86. The van der Waals surface area contributed by atoms with Crippen LogP contribution < -0.4 is 11.3 Å². The monoisotopic (exact) mass is 373 g/mol. The summed E-state index contributed by atoms with van der Waals surface area (Å²) >= 11 is 0. The lowest BCUT2D eigenvalue weighted by atomic mass is 10.0. The maximum atomic E-state index is 11.9.